The highest BCUT2D eigenvalue weighted by Crippen LogP contribution is 2.37. The number of piperidine rings is 1. The summed E-state index contributed by atoms with van der Waals surface area (Å²) in [6.07, 6.45) is 3.05. The predicted octanol–water partition coefficient (Wildman–Crippen LogP) is 2.70. The molecule has 7 nitrogen and oxygen atoms in total. The summed E-state index contributed by atoms with van der Waals surface area (Å²) in [5.41, 5.74) is -0.634. The molecule has 3 heterocycles. The van der Waals surface area contributed by atoms with Crippen molar-refractivity contribution in [2.45, 2.75) is 44.0 Å². The van der Waals surface area contributed by atoms with E-state index in [1.807, 2.05) is 18.1 Å². The number of likely N-dealkylation sites (N-methyl/N-ethyl adjacent to an activating group) is 1. The van der Waals surface area contributed by atoms with E-state index in [-0.39, 0.29) is 18.7 Å². The number of hydrogen-bond acceptors (Lipinski definition) is 5. The molecule has 32 heavy (non-hydrogen) atoms. The van der Waals surface area contributed by atoms with Crippen LogP contribution in [0, 0.1) is 0 Å². The maximum atomic E-state index is 13.7. The van der Waals surface area contributed by atoms with Crippen molar-refractivity contribution in [3.05, 3.63) is 41.4 Å². The average molecular weight is 454 g/mol. The molecular weight excluding hydrogens is 423 g/mol. The molecule has 1 N–H and O–H groups in total. The second-order valence-corrected chi connectivity index (χ2v) is 8.94. The molecule has 0 bridgehead atoms. The highest BCUT2D eigenvalue weighted by Gasteiger charge is 2.48. The van der Waals surface area contributed by atoms with E-state index in [4.69, 9.17) is 4.74 Å². The van der Waals surface area contributed by atoms with Crippen molar-refractivity contribution in [2.75, 3.05) is 46.3 Å². The number of piperazine rings is 1. The third kappa shape index (κ3) is 5.17. The van der Waals surface area contributed by atoms with Gasteiger partial charge in [0.25, 0.3) is 5.91 Å². The van der Waals surface area contributed by atoms with Crippen LogP contribution < -0.4 is 0 Å². The SMILES string of the molecule is CN1CCN(C(=O)C2(OC3=CC=C(C(F)(F)F)CC3)CCCN(Cc3cn[nH]c3)C2)CC1. The minimum atomic E-state index is -4.33. The van der Waals surface area contributed by atoms with Crippen LogP contribution in [0.15, 0.2) is 35.9 Å². The number of aromatic nitrogens is 2. The molecule has 2 aliphatic heterocycles. The van der Waals surface area contributed by atoms with Gasteiger partial charge >= 0.3 is 6.18 Å². The molecule has 0 spiro atoms. The van der Waals surface area contributed by atoms with Crippen molar-refractivity contribution < 1.29 is 22.7 Å². The van der Waals surface area contributed by atoms with E-state index in [2.05, 4.69) is 20.0 Å². The number of halogens is 3. The van der Waals surface area contributed by atoms with Gasteiger partial charge in [-0.05, 0) is 38.9 Å². The quantitative estimate of drug-likeness (QED) is 0.743. The summed E-state index contributed by atoms with van der Waals surface area (Å²) in [7, 11) is 2.03. The molecule has 10 heteroatoms. The van der Waals surface area contributed by atoms with Gasteiger partial charge in [-0.1, -0.05) is 6.08 Å². The lowest BCUT2D eigenvalue weighted by atomic mass is 9.89. The fourth-order valence-corrected chi connectivity index (χ4v) is 4.65. The Morgan fingerprint density at radius 3 is 2.59 bits per heavy atom. The number of allylic oxidation sites excluding steroid dienone is 4. The molecule has 0 saturated carbocycles. The number of aromatic amines is 1. The average Bonchev–Trinajstić information content (AvgIpc) is 3.27. The van der Waals surface area contributed by atoms with E-state index in [0.717, 1.165) is 37.7 Å². The summed E-state index contributed by atoms with van der Waals surface area (Å²) in [5, 5.41) is 6.80. The van der Waals surface area contributed by atoms with Crippen LogP contribution in [0.25, 0.3) is 0 Å². The van der Waals surface area contributed by atoms with Crippen molar-refractivity contribution in [1.29, 1.82) is 0 Å². The molecule has 1 unspecified atom stereocenters. The van der Waals surface area contributed by atoms with Crippen LogP contribution in [0.1, 0.15) is 31.2 Å². The van der Waals surface area contributed by atoms with Crippen molar-refractivity contribution >= 4 is 5.91 Å². The maximum absolute atomic E-state index is 13.7. The lowest BCUT2D eigenvalue weighted by Crippen LogP contribution is -2.61. The molecule has 1 aromatic rings. The first-order valence-corrected chi connectivity index (χ1v) is 11.1. The van der Waals surface area contributed by atoms with Crippen LogP contribution in [0.3, 0.4) is 0 Å². The fraction of sp³-hybridized carbons (Fsp3) is 0.636. The summed E-state index contributed by atoms with van der Waals surface area (Å²) in [6, 6.07) is 0. The van der Waals surface area contributed by atoms with E-state index < -0.39 is 17.4 Å². The first-order chi connectivity index (χ1) is 15.2. The Kier molecular flexibility index (Phi) is 6.62. The topological polar surface area (TPSA) is 64.7 Å². The minimum Gasteiger partial charge on any atom is -0.480 e. The number of likely N-dealkylation sites (tertiary alicyclic amines) is 1. The lowest BCUT2D eigenvalue weighted by molar-refractivity contribution is -0.163. The summed E-state index contributed by atoms with van der Waals surface area (Å²) in [5.74, 6) is 0.389. The van der Waals surface area contributed by atoms with E-state index in [1.54, 1.807) is 6.20 Å². The van der Waals surface area contributed by atoms with E-state index in [1.165, 1.54) is 6.08 Å². The Morgan fingerprint density at radius 2 is 1.97 bits per heavy atom. The number of nitrogens with one attached hydrogen (secondary N) is 1. The van der Waals surface area contributed by atoms with Crippen molar-refractivity contribution in [1.82, 2.24) is 24.9 Å². The highest BCUT2D eigenvalue weighted by molar-refractivity contribution is 5.86. The summed E-state index contributed by atoms with van der Waals surface area (Å²) in [6.45, 7) is 4.69. The highest BCUT2D eigenvalue weighted by atomic mass is 19.4. The second-order valence-electron chi connectivity index (χ2n) is 8.94. The molecule has 3 aliphatic rings. The zero-order valence-corrected chi connectivity index (χ0v) is 18.3. The number of ether oxygens (including phenoxy) is 1. The monoisotopic (exact) mass is 453 g/mol. The van der Waals surface area contributed by atoms with Crippen LogP contribution >= 0.6 is 0 Å². The molecular formula is C22H30F3N5O2. The third-order valence-corrected chi connectivity index (χ3v) is 6.48. The molecule has 176 valence electrons. The molecule has 1 atom stereocenters. The van der Waals surface area contributed by atoms with Gasteiger partial charge in [-0.3, -0.25) is 14.8 Å². The predicted molar refractivity (Wildman–Crippen MR) is 112 cm³/mol. The Morgan fingerprint density at radius 1 is 1.19 bits per heavy atom. The standard InChI is InChI=1S/C22H30F3N5O2/c1-28-9-11-30(12-10-28)20(31)21(32-19-5-3-18(4-6-19)22(23,24)25)7-2-8-29(16-21)15-17-13-26-27-14-17/h3,5,13-14H,2,4,6-12,15-16H2,1H3,(H,26,27). The van der Waals surface area contributed by atoms with Gasteiger partial charge in [0.2, 0.25) is 0 Å². The van der Waals surface area contributed by atoms with Gasteiger partial charge < -0.3 is 14.5 Å². The molecule has 1 amide bonds. The number of H-pyrrole nitrogens is 1. The number of carbonyl (C=O) groups is 1. The van der Waals surface area contributed by atoms with Gasteiger partial charge in [0.05, 0.1) is 12.0 Å². The summed E-state index contributed by atoms with van der Waals surface area (Å²) in [4.78, 5) is 19.9. The van der Waals surface area contributed by atoms with Crippen molar-refractivity contribution in [3.63, 3.8) is 0 Å². The number of hydrogen-bond donors (Lipinski definition) is 1. The summed E-state index contributed by atoms with van der Waals surface area (Å²) < 4.78 is 45.4. The molecule has 1 aromatic heterocycles. The molecule has 2 saturated heterocycles. The van der Waals surface area contributed by atoms with Gasteiger partial charge in [0.1, 0.15) is 0 Å². The Hall–Kier alpha value is -2.33. The van der Waals surface area contributed by atoms with Crippen LogP contribution in [0.5, 0.6) is 0 Å². The van der Waals surface area contributed by atoms with Crippen molar-refractivity contribution in [3.8, 4) is 0 Å². The van der Waals surface area contributed by atoms with Gasteiger partial charge in [0, 0.05) is 63.0 Å². The largest absolute Gasteiger partial charge is 0.480 e. The molecule has 0 radical (unpaired) electrons. The van der Waals surface area contributed by atoms with Gasteiger partial charge in [-0.15, -0.1) is 0 Å². The number of nitrogens with zero attached hydrogens (tertiary/aromatic N) is 4. The number of alkyl halides is 3. The Labute approximate surface area is 185 Å². The number of carbonyl (C=O) groups excluding carboxylic acids is 1. The summed E-state index contributed by atoms with van der Waals surface area (Å²) >= 11 is 0. The molecule has 1 aliphatic carbocycles. The van der Waals surface area contributed by atoms with E-state index in [0.29, 0.717) is 38.4 Å². The lowest BCUT2D eigenvalue weighted by Gasteiger charge is -2.45. The van der Waals surface area contributed by atoms with Crippen molar-refractivity contribution in [2.24, 2.45) is 0 Å². The molecule has 4 rings (SSSR count). The Bertz CT molecular complexity index is 859. The first kappa shape index (κ1) is 22.8. The van der Waals surface area contributed by atoms with Crippen LogP contribution in [0.2, 0.25) is 0 Å². The first-order valence-electron chi connectivity index (χ1n) is 11.1. The van der Waals surface area contributed by atoms with E-state index in [9.17, 15) is 18.0 Å². The molecule has 2 fully saturated rings. The Balaban J connectivity index is 1.56. The molecule has 0 aromatic carbocycles. The normalized spacial score (nSPS) is 25.9. The van der Waals surface area contributed by atoms with Gasteiger partial charge in [0.15, 0.2) is 5.60 Å². The fourth-order valence-electron chi connectivity index (χ4n) is 4.65. The third-order valence-electron chi connectivity index (χ3n) is 6.48. The van der Waals surface area contributed by atoms with Crippen LogP contribution in [-0.4, -0.2) is 88.9 Å². The smallest absolute Gasteiger partial charge is 0.412 e. The van der Waals surface area contributed by atoms with Crippen LogP contribution in [0.4, 0.5) is 13.2 Å². The van der Waals surface area contributed by atoms with Gasteiger partial charge in [-0.2, -0.15) is 18.3 Å². The van der Waals surface area contributed by atoms with Gasteiger partial charge in [-0.25, -0.2) is 0 Å². The zero-order valence-electron chi connectivity index (χ0n) is 18.3. The zero-order chi connectivity index (χ0) is 22.8. The number of rotatable bonds is 5. The number of amides is 1. The van der Waals surface area contributed by atoms with E-state index >= 15 is 0 Å². The second kappa shape index (κ2) is 9.27. The minimum absolute atomic E-state index is 0.0611. The maximum Gasteiger partial charge on any atom is 0.412 e. The van der Waals surface area contributed by atoms with Crippen LogP contribution in [-0.2, 0) is 16.1 Å².